The first-order valence-electron chi connectivity index (χ1n) is 9.29. The molecule has 2 heterocycles. The first-order valence-corrected chi connectivity index (χ1v) is 9.66. The normalized spacial score (nSPS) is 15.6. The number of aryl methyl sites for hydroxylation is 1. The SMILES string of the molecule is CCn1c2c(c3ccccc31)C(C)(C)CN(C(=O)c1ccc(Cl)cc1)C=C2. The van der Waals surface area contributed by atoms with E-state index in [4.69, 9.17) is 11.6 Å². The number of hydrogen-bond acceptors (Lipinski definition) is 1. The zero-order chi connectivity index (χ0) is 19.2. The van der Waals surface area contributed by atoms with Gasteiger partial charge in [0.25, 0.3) is 5.91 Å². The molecule has 3 aromatic rings. The second-order valence-electron chi connectivity index (χ2n) is 7.66. The van der Waals surface area contributed by atoms with Gasteiger partial charge in [0, 0.05) is 51.9 Å². The first-order chi connectivity index (χ1) is 12.9. The van der Waals surface area contributed by atoms with Crippen molar-refractivity contribution < 1.29 is 4.79 Å². The van der Waals surface area contributed by atoms with Gasteiger partial charge in [0.1, 0.15) is 0 Å². The molecule has 1 aliphatic heterocycles. The maximum absolute atomic E-state index is 13.1. The summed E-state index contributed by atoms with van der Waals surface area (Å²) in [4.78, 5) is 14.9. The highest BCUT2D eigenvalue weighted by molar-refractivity contribution is 6.30. The highest BCUT2D eigenvalue weighted by Crippen LogP contribution is 2.39. The lowest BCUT2D eigenvalue weighted by Gasteiger charge is -2.30. The van der Waals surface area contributed by atoms with Gasteiger partial charge >= 0.3 is 0 Å². The van der Waals surface area contributed by atoms with Crippen LogP contribution in [0, 0.1) is 0 Å². The Bertz CT molecular complexity index is 1040. The summed E-state index contributed by atoms with van der Waals surface area (Å²) in [5.74, 6) is -0.00602. The quantitative estimate of drug-likeness (QED) is 0.560. The van der Waals surface area contributed by atoms with E-state index in [0.29, 0.717) is 17.1 Å². The molecule has 4 heteroatoms. The molecular formula is C23H23ClN2O. The van der Waals surface area contributed by atoms with Gasteiger partial charge in [-0.3, -0.25) is 4.79 Å². The van der Waals surface area contributed by atoms with E-state index in [1.54, 1.807) is 24.3 Å². The summed E-state index contributed by atoms with van der Waals surface area (Å²) in [6.07, 6.45) is 4.01. The van der Waals surface area contributed by atoms with Crippen LogP contribution in [0.4, 0.5) is 0 Å². The molecule has 0 fully saturated rings. The molecule has 2 aromatic carbocycles. The fraction of sp³-hybridized carbons (Fsp3) is 0.261. The smallest absolute Gasteiger partial charge is 0.257 e. The van der Waals surface area contributed by atoms with Crippen LogP contribution in [0.2, 0.25) is 5.02 Å². The molecule has 0 atom stereocenters. The molecule has 138 valence electrons. The fourth-order valence-electron chi connectivity index (χ4n) is 4.16. The average Bonchev–Trinajstić information content (AvgIpc) is 2.91. The van der Waals surface area contributed by atoms with Gasteiger partial charge in [-0.05, 0) is 48.9 Å². The number of benzene rings is 2. The number of carbonyl (C=O) groups excluding carboxylic acids is 1. The van der Waals surface area contributed by atoms with Gasteiger partial charge in [-0.2, -0.15) is 0 Å². The lowest BCUT2D eigenvalue weighted by atomic mass is 9.82. The predicted octanol–water partition coefficient (Wildman–Crippen LogP) is 5.72. The van der Waals surface area contributed by atoms with Crippen LogP contribution in [0.25, 0.3) is 17.0 Å². The molecule has 0 spiro atoms. The highest BCUT2D eigenvalue weighted by atomic mass is 35.5. The Balaban J connectivity index is 1.82. The van der Waals surface area contributed by atoms with Gasteiger partial charge in [-0.15, -0.1) is 0 Å². The molecule has 0 saturated heterocycles. The lowest BCUT2D eigenvalue weighted by molar-refractivity contribution is 0.0801. The van der Waals surface area contributed by atoms with E-state index in [1.165, 1.54) is 22.2 Å². The van der Waals surface area contributed by atoms with E-state index < -0.39 is 0 Å². The monoisotopic (exact) mass is 378 g/mol. The summed E-state index contributed by atoms with van der Waals surface area (Å²) in [6, 6.07) is 15.6. The Morgan fingerprint density at radius 3 is 2.52 bits per heavy atom. The van der Waals surface area contributed by atoms with E-state index in [9.17, 15) is 4.79 Å². The number of halogens is 1. The molecule has 4 rings (SSSR count). The third-order valence-corrected chi connectivity index (χ3v) is 5.59. The van der Waals surface area contributed by atoms with Crippen molar-refractivity contribution in [2.45, 2.75) is 32.7 Å². The number of hydrogen-bond donors (Lipinski definition) is 0. The van der Waals surface area contributed by atoms with Crippen LogP contribution < -0.4 is 0 Å². The molecule has 0 aliphatic carbocycles. The van der Waals surface area contributed by atoms with Gasteiger partial charge in [0.15, 0.2) is 0 Å². The predicted molar refractivity (Wildman–Crippen MR) is 112 cm³/mol. The summed E-state index contributed by atoms with van der Waals surface area (Å²) in [6.45, 7) is 8.10. The second-order valence-corrected chi connectivity index (χ2v) is 8.10. The summed E-state index contributed by atoms with van der Waals surface area (Å²) in [7, 11) is 0. The van der Waals surface area contributed by atoms with Gasteiger partial charge in [-0.1, -0.05) is 43.6 Å². The van der Waals surface area contributed by atoms with Crippen molar-refractivity contribution in [1.29, 1.82) is 0 Å². The first kappa shape index (κ1) is 17.9. The Hall–Kier alpha value is -2.52. The van der Waals surface area contributed by atoms with Crippen LogP contribution in [0.1, 0.15) is 42.4 Å². The Morgan fingerprint density at radius 2 is 1.81 bits per heavy atom. The fourth-order valence-corrected chi connectivity index (χ4v) is 4.29. The van der Waals surface area contributed by atoms with Crippen LogP contribution in [0.5, 0.6) is 0 Å². The molecule has 27 heavy (non-hydrogen) atoms. The van der Waals surface area contributed by atoms with E-state index in [0.717, 1.165) is 6.54 Å². The second kappa shape index (κ2) is 6.58. The number of aromatic nitrogens is 1. The topological polar surface area (TPSA) is 25.2 Å². The van der Waals surface area contributed by atoms with Gasteiger partial charge in [0.2, 0.25) is 0 Å². The van der Waals surface area contributed by atoms with Crippen molar-refractivity contribution in [3.05, 3.63) is 76.6 Å². The summed E-state index contributed by atoms with van der Waals surface area (Å²) < 4.78 is 2.33. The minimum absolute atomic E-state index is 0.00602. The Kier molecular flexibility index (Phi) is 4.35. The van der Waals surface area contributed by atoms with Crippen molar-refractivity contribution in [1.82, 2.24) is 9.47 Å². The largest absolute Gasteiger partial charge is 0.341 e. The van der Waals surface area contributed by atoms with Crippen LogP contribution >= 0.6 is 11.6 Å². The van der Waals surface area contributed by atoms with Crippen LogP contribution in [0.15, 0.2) is 54.7 Å². The van der Waals surface area contributed by atoms with Crippen molar-refractivity contribution >= 4 is 34.5 Å². The third-order valence-electron chi connectivity index (χ3n) is 5.33. The van der Waals surface area contributed by atoms with E-state index >= 15 is 0 Å². The Morgan fingerprint density at radius 1 is 1.11 bits per heavy atom. The summed E-state index contributed by atoms with van der Waals surface area (Å²) in [5, 5.41) is 1.90. The van der Waals surface area contributed by atoms with Crippen molar-refractivity contribution in [3.63, 3.8) is 0 Å². The zero-order valence-electron chi connectivity index (χ0n) is 15.9. The molecule has 0 saturated carbocycles. The molecule has 0 bridgehead atoms. The van der Waals surface area contributed by atoms with Crippen molar-refractivity contribution in [2.75, 3.05) is 6.54 Å². The number of fused-ring (bicyclic) bond motifs is 3. The highest BCUT2D eigenvalue weighted by Gasteiger charge is 2.34. The van der Waals surface area contributed by atoms with Gasteiger partial charge in [0.05, 0.1) is 0 Å². The number of carbonyl (C=O) groups is 1. The summed E-state index contributed by atoms with van der Waals surface area (Å²) in [5.41, 5.74) is 4.22. The molecular weight excluding hydrogens is 356 g/mol. The van der Waals surface area contributed by atoms with Crippen LogP contribution in [-0.4, -0.2) is 21.9 Å². The van der Waals surface area contributed by atoms with Crippen LogP contribution in [-0.2, 0) is 12.0 Å². The van der Waals surface area contributed by atoms with Gasteiger partial charge in [-0.25, -0.2) is 0 Å². The Labute approximate surface area is 164 Å². The molecule has 1 amide bonds. The molecule has 3 nitrogen and oxygen atoms in total. The van der Waals surface area contributed by atoms with E-state index in [-0.39, 0.29) is 11.3 Å². The average molecular weight is 379 g/mol. The summed E-state index contributed by atoms with van der Waals surface area (Å²) >= 11 is 5.97. The molecule has 1 aromatic heterocycles. The van der Waals surface area contributed by atoms with Crippen molar-refractivity contribution in [3.8, 4) is 0 Å². The third kappa shape index (κ3) is 2.96. The molecule has 0 unspecified atom stereocenters. The number of nitrogens with zero attached hydrogens (tertiary/aromatic N) is 2. The lowest BCUT2D eigenvalue weighted by Crippen LogP contribution is -2.36. The maximum atomic E-state index is 13.1. The number of amides is 1. The number of para-hydroxylation sites is 1. The minimum Gasteiger partial charge on any atom is -0.341 e. The zero-order valence-corrected chi connectivity index (χ0v) is 16.6. The molecule has 0 N–H and O–H groups in total. The molecule has 1 aliphatic rings. The van der Waals surface area contributed by atoms with E-state index in [2.05, 4.69) is 55.7 Å². The molecule has 0 radical (unpaired) electrons. The maximum Gasteiger partial charge on any atom is 0.257 e. The van der Waals surface area contributed by atoms with Gasteiger partial charge < -0.3 is 9.47 Å². The standard InChI is InChI=1S/C23H23ClN2O/c1-4-26-19-8-6-5-7-18(19)21-20(26)13-14-25(15-23(21,2)3)22(27)16-9-11-17(24)12-10-16/h5-14H,4,15H2,1-3H3. The van der Waals surface area contributed by atoms with E-state index in [1.807, 2.05) is 11.1 Å². The minimum atomic E-state index is -0.180. The van der Waals surface area contributed by atoms with Crippen molar-refractivity contribution in [2.24, 2.45) is 0 Å². The number of rotatable bonds is 2. The van der Waals surface area contributed by atoms with Crippen LogP contribution in [0.3, 0.4) is 0 Å².